The topological polar surface area (TPSA) is 43.2 Å². The van der Waals surface area contributed by atoms with Gasteiger partial charge in [-0.25, -0.2) is 9.98 Å². The molecule has 0 aliphatic carbocycles. The van der Waals surface area contributed by atoms with Gasteiger partial charge in [0.1, 0.15) is 25.3 Å². The van der Waals surface area contributed by atoms with E-state index < -0.39 is 88.2 Å². The summed E-state index contributed by atoms with van der Waals surface area (Å²) < 4.78 is 250. The molecule has 0 fully saturated rings. The van der Waals surface area contributed by atoms with Crippen LogP contribution in [-0.4, -0.2) is 66.7 Å². The van der Waals surface area contributed by atoms with Crippen LogP contribution in [0.3, 0.4) is 0 Å². The molecule has 3 aromatic rings. The number of benzene rings is 3. The number of rotatable bonds is 11. The first-order valence-electron chi connectivity index (χ1n) is 14.6. The summed E-state index contributed by atoms with van der Waals surface area (Å²) in [4.78, 5) is 8.20. The van der Waals surface area contributed by atoms with Crippen LogP contribution < -0.4 is 0 Å². The normalized spacial score (nSPS) is 19.4. The van der Waals surface area contributed by atoms with Crippen LogP contribution in [-0.2, 0) is 15.4 Å². The van der Waals surface area contributed by atoms with Crippen molar-refractivity contribution in [2.24, 2.45) is 9.98 Å². The molecule has 0 saturated carbocycles. The average Bonchev–Trinajstić information content (AvgIpc) is 3.79. The Kier molecular flexibility index (Phi) is 9.55. The molecular formula is C32H19F17N2O2. The second-order valence-corrected chi connectivity index (χ2v) is 11.7. The largest absolute Gasteiger partial charge is 0.475 e. The van der Waals surface area contributed by atoms with Crippen LogP contribution in [0.25, 0.3) is 0 Å². The number of aliphatic imine (C=N–C) groups is 2. The van der Waals surface area contributed by atoms with E-state index in [4.69, 9.17) is 9.47 Å². The molecule has 288 valence electrons. The van der Waals surface area contributed by atoms with Crippen LogP contribution in [0.4, 0.5) is 74.6 Å². The summed E-state index contributed by atoms with van der Waals surface area (Å²) >= 11 is 0. The third-order valence-electron chi connectivity index (χ3n) is 8.18. The van der Waals surface area contributed by atoms with E-state index in [1.807, 2.05) is 0 Å². The SMILES string of the molecule is FC(F)(F)C(F)(F)C(F)(F)C(F)(F)C(F)(F)C(F)(F)C(F)(F)C(F)(F)c1cc(C2=N[C@@H](c3ccccc3)CO2)cc(C2=N[C@@H](c3ccccc3)CO2)c1. The summed E-state index contributed by atoms with van der Waals surface area (Å²) in [6.07, 6.45) is -7.84. The highest BCUT2D eigenvalue weighted by Crippen LogP contribution is 2.65. The van der Waals surface area contributed by atoms with Gasteiger partial charge >= 0.3 is 47.6 Å². The zero-order chi connectivity index (χ0) is 39.6. The summed E-state index contributed by atoms with van der Waals surface area (Å²) in [5, 5.41) is 0. The summed E-state index contributed by atoms with van der Waals surface area (Å²) in [6.45, 7) is -0.649. The molecule has 21 heteroatoms. The van der Waals surface area contributed by atoms with E-state index in [1.54, 1.807) is 36.4 Å². The molecule has 2 aliphatic rings. The van der Waals surface area contributed by atoms with E-state index in [0.29, 0.717) is 11.1 Å². The molecule has 0 saturated heterocycles. The van der Waals surface area contributed by atoms with Gasteiger partial charge in [0.25, 0.3) is 0 Å². The van der Waals surface area contributed by atoms with Gasteiger partial charge in [0.15, 0.2) is 0 Å². The fraction of sp³-hybridized carbons (Fsp3) is 0.375. The van der Waals surface area contributed by atoms with Gasteiger partial charge in [-0.05, 0) is 29.3 Å². The first-order valence-corrected chi connectivity index (χ1v) is 14.6. The maximum atomic E-state index is 15.6. The molecule has 2 heterocycles. The number of nitrogens with zero attached hydrogens (tertiary/aromatic N) is 2. The molecule has 0 bridgehead atoms. The van der Waals surface area contributed by atoms with Crippen molar-refractivity contribution < 1.29 is 84.1 Å². The monoisotopic (exact) mass is 786 g/mol. The number of hydrogen-bond donors (Lipinski definition) is 0. The van der Waals surface area contributed by atoms with Gasteiger partial charge in [0, 0.05) is 16.7 Å². The minimum absolute atomic E-state index is 0.0907. The molecule has 0 N–H and O–H groups in total. The predicted molar refractivity (Wildman–Crippen MR) is 149 cm³/mol. The Labute approximate surface area is 285 Å². The molecule has 5 rings (SSSR count). The maximum Gasteiger partial charge on any atom is 0.460 e. The molecule has 0 radical (unpaired) electrons. The standard InChI is InChI=1S/C32H19F17N2O2/c33-25(34,26(35,36)27(37,38)28(39,40)29(41,42)30(43,44)31(45,46)32(47,48)49)20-12-18(23-50-21(14-52-23)16-7-3-1-4-8-16)11-19(13-20)24-51-22(15-53-24)17-9-5-2-6-10-17/h1-13,21-22H,14-15H2/t21-,22-/m1/s1. The highest BCUT2D eigenvalue weighted by atomic mass is 19.4. The summed E-state index contributed by atoms with van der Waals surface area (Å²) in [5.74, 6) is -58.8. The first kappa shape index (κ1) is 39.6. The van der Waals surface area contributed by atoms with Gasteiger partial charge < -0.3 is 9.47 Å². The lowest BCUT2D eigenvalue weighted by Crippen LogP contribution is -2.74. The van der Waals surface area contributed by atoms with Crippen molar-refractivity contribution in [1.29, 1.82) is 0 Å². The van der Waals surface area contributed by atoms with Crippen molar-refractivity contribution in [3.63, 3.8) is 0 Å². The van der Waals surface area contributed by atoms with Crippen molar-refractivity contribution >= 4 is 11.8 Å². The Morgan fingerprint density at radius 2 is 0.774 bits per heavy atom. The lowest BCUT2D eigenvalue weighted by Gasteiger charge is -2.42. The van der Waals surface area contributed by atoms with E-state index in [9.17, 15) is 57.1 Å². The molecule has 2 atom stereocenters. The van der Waals surface area contributed by atoms with Crippen molar-refractivity contribution in [3.8, 4) is 0 Å². The second-order valence-electron chi connectivity index (χ2n) is 11.7. The van der Waals surface area contributed by atoms with E-state index in [0.717, 1.165) is 6.07 Å². The van der Waals surface area contributed by atoms with Gasteiger partial charge in [0.05, 0.1) is 0 Å². The van der Waals surface area contributed by atoms with Crippen LogP contribution >= 0.6 is 0 Å². The van der Waals surface area contributed by atoms with Gasteiger partial charge in [-0.15, -0.1) is 0 Å². The van der Waals surface area contributed by atoms with Crippen molar-refractivity contribution in [3.05, 3.63) is 107 Å². The van der Waals surface area contributed by atoms with Gasteiger partial charge in [-0.1, -0.05) is 60.7 Å². The zero-order valence-electron chi connectivity index (χ0n) is 25.7. The number of ether oxygens (including phenoxy) is 2. The number of halogens is 17. The summed E-state index contributed by atoms with van der Waals surface area (Å²) in [7, 11) is 0. The number of alkyl halides is 17. The molecule has 0 amide bonds. The van der Waals surface area contributed by atoms with Gasteiger partial charge in [-0.2, -0.15) is 74.6 Å². The Hall–Kier alpha value is -4.59. The number of hydrogen-bond acceptors (Lipinski definition) is 4. The fourth-order valence-electron chi connectivity index (χ4n) is 5.16. The summed E-state index contributed by atoms with van der Waals surface area (Å²) in [6, 6.07) is 14.5. The quantitative estimate of drug-likeness (QED) is 0.182. The zero-order valence-corrected chi connectivity index (χ0v) is 25.7. The minimum atomic E-state index is -8.74. The maximum absolute atomic E-state index is 15.6. The molecule has 0 unspecified atom stereocenters. The second kappa shape index (κ2) is 12.8. The van der Waals surface area contributed by atoms with Gasteiger partial charge in [-0.3, -0.25) is 0 Å². The molecule has 3 aromatic carbocycles. The molecular weight excluding hydrogens is 767 g/mol. The van der Waals surface area contributed by atoms with Crippen LogP contribution in [0.5, 0.6) is 0 Å². The molecule has 4 nitrogen and oxygen atoms in total. The Balaban J connectivity index is 1.63. The van der Waals surface area contributed by atoms with E-state index >= 15 is 17.6 Å². The highest BCUT2D eigenvalue weighted by molar-refractivity contribution is 6.01. The predicted octanol–water partition coefficient (Wildman–Crippen LogP) is 10.2. The van der Waals surface area contributed by atoms with E-state index in [-0.39, 0.29) is 25.3 Å². The molecule has 53 heavy (non-hydrogen) atoms. The van der Waals surface area contributed by atoms with E-state index in [2.05, 4.69) is 9.98 Å². The fourth-order valence-corrected chi connectivity index (χ4v) is 5.16. The summed E-state index contributed by atoms with van der Waals surface area (Å²) in [5.41, 5.74) is -3.04. The lowest BCUT2D eigenvalue weighted by molar-refractivity contribution is -0.462. The Morgan fingerprint density at radius 1 is 0.434 bits per heavy atom. The average molecular weight is 786 g/mol. The van der Waals surface area contributed by atoms with Crippen LogP contribution in [0, 0.1) is 0 Å². The Morgan fingerprint density at radius 3 is 1.13 bits per heavy atom. The lowest BCUT2D eigenvalue weighted by atomic mass is 9.86. The van der Waals surface area contributed by atoms with E-state index in [1.165, 1.54) is 24.3 Å². The van der Waals surface area contributed by atoms with Gasteiger partial charge in [0.2, 0.25) is 11.8 Å². The van der Waals surface area contributed by atoms with Crippen LogP contribution in [0.15, 0.2) is 88.8 Å². The molecule has 0 spiro atoms. The van der Waals surface area contributed by atoms with Crippen molar-refractivity contribution in [1.82, 2.24) is 0 Å². The highest BCUT2D eigenvalue weighted by Gasteiger charge is 2.95. The first-order chi connectivity index (χ1) is 24.2. The third-order valence-corrected chi connectivity index (χ3v) is 8.18. The third kappa shape index (κ3) is 6.12. The Bertz CT molecular complexity index is 1790. The minimum Gasteiger partial charge on any atom is -0.475 e. The molecule has 2 aliphatic heterocycles. The van der Waals surface area contributed by atoms with Crippen molar-refractivity contribution in [2.75, 3.05) is 13.2 Å². The smallest absolute Gasteiger partial charge is 0.460 e. The van der Waals surface area contributed by atoms with Crippen LogP contribution in [0.2, 0.25) is 0 Å². The molecule has 0 aromatic heterocycles. The van der Waals surface area contributed by atoms with Crippen molar-refractivity contribution in [2.45, 2.75) is 59.7 Å². The van der Waals surface area contributed by atoms with Crippen LogP contribution in [0.1, 0.15) is 39.9 Å².